The van der Waals surface area contributed by atoms with E-state index in [0.29, 0.717) is 29.7 Å². The first-order valence-electron chi connectivity index (χ1n) is 12.3. The standard InChI is InChI=1S/C31H32F2N2O2/c1-5-21(3)30(31(37)35(19-20-36)29(6-2)26-12-8-10-14-28(26)33)34-22(4)23-15-17-24(18-16-23)25-11-7-9-13-27(25)32/h6-18,20,22,34H,5,19H2,1-4H3/b29-6-,30-21-. The Kier molecular flexibility index (Phi) is 9.50. The Hall–Kier alpha value is -4.06. The molecule has 0 aliphatic carbocycles. The van der Waals surface area contributed by atoms with Crippen LogP contribution in [0.2, 0.25) is 0 Å². The Labute approximate surface area is 217 Å². The molecule has 0 aliphatic rings. The highest BCUT2D eigenvalue weighted by molar-refractivity contribution is 6.00. The molecule has 0 aliphatic heterocycles. The fourth-order valence-electron chi connectivity index (χ4n) is 4.12. The quantitative estimate of drug-likeness (QED) is 0.239. The minimum absolute atomic E-state index is 0.221. The third-order valence-corrected chi connectivity index (χ3v) is 6.34. The Bertz CT molecular complexity index is 1310. The van der Waals surface area contributed by atoms with Crippen LogP contribution in [0.5, 0.6) is 0 Å². The number of hydrogen-bond acceptors (Lipinski definition) is 3. The average molecular weight is 503 g/mol. The molecule has 4 nitrogen and oxygen atoms in total. The van der Waals surface area contributed by atoms with E-state index in [1.807, 2.05) is 45.0 Å². The third kappa shape index (κ3) is 6.39. The summed E-state index contributed by atoms with van der Waals surface area (Å²) in [5.41, 5.74) is 3.89. The molecule has 0 spiro atoms. The van der Waals surface area contributed by atoms with E-state index in [9.17, 15) is 18.4 Å². The van der Waals surface area contributed by atoms with Crippen LogP contribution in [-0.4, -0.2) is 23.6 Å². The van der Waals surface area contributed by atoms with Gasteiger partial charge >= 0.3 is 0 Å². The molecule has 0 heterocycles. The van der Waals surface area contributed by atoms with Crippen molar-refractivity contribution in [3.63, 3.8) is 0 Å². The van der Waals surface area contributed by atoms with Gasteiger partial charge in [-0.05, 0) is 62.1 Å². The first-order valence-corrected chi connectivity index (χ1v) is 12.3. The maximum Gasteiger partial charge on any atom is 0.274 e. The summed E-state index contributed by atoms with van der Waals surface area (Å²) in [6.45, 7) is 7.20. The van der Waals surface area contributed by atoms with Crippen molar-refractivity contribution in [1.29, 1.82) is 0 Å². The van der Waals surface area contributed by atoms with Crippen molar-refractivity contribution < 1.29 is 18.4 Å². The zero-order valence-corrected chi connectivity index (χ0v) is 21.6. The van der Waals surface area contributed by atoms with Crippen molar-refractivity contribution in [1.82, 2.24) is 10.2 Å². The highest BCUT2D eigenvalue weighted by Gasteiger charge is 2.26. The van der Waals surface area contributed by atoms with Gasteiger partial charge in [-0.15, -0.1) is 0 Å². The van der Waals surface area contributed by atoms with E-state index < -0.39 is 11.7 Å². The van der Waals surface area contributed by atoms with Crippen molar-refractivity contribution in [2.24, 2.45) is 0 Å². The van der Waals surface area contributed by atoms with Gasteiger partial charge in [0.15, 0.2) is 0 Å². The normalized spacial score (nSPS) is 13.0. The Morgan fingerprint density at radius 3 is 2.16 bits per heavy atom. The Morgan fingerprint density at radius 1 is 0.973 bits per heavy atom. The van der Waals surface area contributed by atoms with Gasteiger partial charge in [0.2, 0.25) is 0 Å². The minimum Gasteiger partial charge on any atom is -0.374 e. The number of benzene rings is 3. The number of rotatable bonds is 10. The number of carbonyl (C=O) groups excluding carboxylic acids is 2. The highest BCUT2D eigenvalue weighted by Crippen LogP contribution is 2.27. The molecule has 37 heavy (non-hydrogen) atoms. The molecule has 0 fully saturated rings. The molecule has 6 heteroatoms. The van der Waals surface area contributed by atoms with Gasteiger partial charge < -0.3 is 10.1 Å². The van der Waals surface area contributed by atoms with Crippen LogP contribution < -0.4 is 5.32 Å². The summed E-state index contributed by atoms with van der Waals surface area (Å²) in [5.74, 6) is -1.19. The fourth-order valence-corrected chi connectivity index (χ4v) is 4.12. The van der Waals surface area contributed by atoms with Crippen LogP contribution in [0.25, 0.3) is 16.8 Å². The van der Waals surface area contributed by atoms with Gasteiger partial charge in [-0.2, -0.15) is 0 Å². The maximum atomic E-state index is 14.6. The molecule has 3 rings (SSSR count). The lowest BCUT2D eigenvalue weighted by atomic mass is 10.0. The number of nitrogens with one attached hydrogen (secondary N) is 1. The van der Waals surface area contributed by atoms with Crippen molar-refractivity contribution in [3.8, 4) is 11.1 Å². The van der Waals surface area contributed by atoms with E-state index in [-0.39, 0.29) is 24.0 Å². The number of hydrogen-bond donors (Lipinski definition) is 1. The second-order valence-corrected chi connectivity index (χ2v) is 8.71. The van der Waals surface area contributed by atoms with E-state index in [1.54, 1.807) is 49.4 Å². The second-order valence-electron chi connectivity index (χ2n) is 8.71. The number of nitrogens with zero attached hydrogens (tertiary/aromatic N) is 1. The molecule has 3 aromatic rings. The van der Waals surface area contributed by atoms with Crippen molar-refractivity contribution in [2.75, 3.05) is 6.54 Å². The van der Waals surface area contributed by atoms with E-state index in [2.05, 4.69) is 5.32 Å². The monoisotopic (exact) mass is 502 g/mol. The Balaban J connectivity index is 1.91. The van der Waals surface area contributed by atoms with E-state index in [4.69, 9.17) is 0 Å². The van der Waals surface area contributed by atoms with Crippen molar-refractivity contribution in [2.45, 2.75) is 40.2 Å². The molecule has 1 N–H and O–H groups in total. The summed E-state index contributed by atoms with van der Waals surface area (Å²) in [4.78, 5) is 26.7. The van der Waals surface area contributed by atoms with Crippen LogP contribution in [-0.2, 0) is 9.59 Å². The number of aldehydes is 1. The predicted molar refractivity (Wildman–Crippen MR) is 144 cm³/mol. The second kappa shape index (κ2) is 12.8. The van der Waals surface area contributed by atoms with Gasteiger partial charge in [0.25, 0.3) is 5.91 Å². The minimum atomic E-state index is -0.478. The van der Waals surface area contributed by atoms with Gasteiger partial charge in [-0.1, -0.05) is 67.6 Å². The van der Waals surface area contributed by atoms with Gasteiger partial charge in [-0.25, -0.2) is 8.78 Å². The Morgan fingerprint density at radius 2 is 1.59 bits per heavy atom. The van der Waals surface area contributed by atoms with Crippen LogP contribution >= 0.6 is 0 Å². The zero-order valence-electron chi connectivity index (χ0n) is 21.6. The van der Waals surface area contributed by atoms with Gasteiger partial charge in [0.05, 0.1) is 17.9 Å². The maximum absolute atomic E-state index is 14.6. The molecule has 1 amide bonds. The molecule has 0 aromatic heterocycles. The number of halogens is 2. The van der Waals surface area contributed by atoms with Crippen molar-refractivity contribution >= 4 is 17.9 Å². The molecule has 0 bridgehead atoms. The third-order valence-electron chi connectivity index (χ3n) is 6.34. The lowest BCUT2D eigenvalue weighted by Crippen LogP contribution is -2.38. The summed E-state index contributed by atoms with van der Waals surface area (Å²) >= 11 is 0. The van der Waals surface area contributed by atoms with E-state index in [1.165, 1.54) is 17.0 Å². The van der Waals surface area contributed by atoms with Crippen LogP contribution in [0.4, 0.5) is 8.78 Å². The SMILES string of the molecule is C/C=C(/c1ccccc1F)N(CC=O)C(=O)/C(NC(C)c1ccc(-c2ccccc2F)cc1)=C(\C)CC. The smallest absolute Gasteiger partial charge is 0.274 e. The summed E-state index contributed by atoms with van der Waals surface area (Å²) < 4.78 is 28.8. The molecular formula is C31H32F2N2O2. The number of allylic oxidation sites excluding steroid dienone is 2. The highest BCUT2D eigenvalue weighted by atomic mass is 19.1. The summed E-state index contributed by atoms with van der Waals surface area (Å²) in [7, 11) is 0. The number of carbonyl (C=O) groups is 2. The van der Waals surface area contributed by atoms with E-state index >= 15 is 0 Å². The fraction of sp³-hybridized carbons (Fsp3) is 0.226. The predicted octanol–water partition coefficient (Wildman–Crippen LogP) is 7.05. The first-order chi connectivity index (χ1) is 17.8. The van der Waals surface area contributed by atoms with Gasteiger partial charge in [0.1, 0.15) is 17.9 Å². The lowest BCUT2D eigenvalue weighted by molar-refractivity contribution is -0.126. The first kappa shape index (κ1) is 27.5. The van der Waals surface area contributed by atoms with Crippen LogP contribution in [0.15, 0.2) is 90.1 Å². The molecular weight excluding hydrogens is 470 g/mol. The molecule has 192 valence electrons. The molecule has 0 radical (unpaired) electrons. The molecule has 1 atom stereocenters. The lowest BCUT2D eigenvalue weighted by Gasteiger charge is -2.28. The average Bonchev–Trinajstić information content (AvgIpc) is 2.92. The summed E-state index contributed by atoms with van der Waals surface area (Å²) in [6, 6.07) is 20.0. The number of amides is 1. The largest absolute Gasteiger partial charge is 0.374 e. The molecule has 3 aromatic carbocycles. The topological polar surface area (TPSA) is 49.4 Å². The molecule has 0 saturated heterocycles. The van der Waals surface area contributed by atoms with E-state index in [0.717, 1.165) is 16.7 Å². The van der Waals surface area contributed by atoms with Gasteiger partial charge in [-0.3, -0.25) is 9.69 Å². The van der Waals surface area contributed by atoms with Crippen molar-refractivity contribution in [3.05, 3.63) is 113 Å². The zero-order chi connectivity index (χ0) is 26.9. The summed E-state index contributed by atoms with van der Waals surface area (Å²) in [5, 5.41) is 3.32. The van der Waals surface area contributed by atoms with Crippen LogP contribution in [0.3, 0.4) is 0 Å². The van der Waals surface area contributed by atoms with Gasteiger partial charge in [0, 0.05) is 17.2 Å². The molecule has 0 saturated carbocycles. The summed E-state index contributed by atoms with van der Waals surface area (Å²) in [6.07, 6.45) is 2.86. The molecule has 1 unspecified atom stereocenters. The van der Waals surface area contributed by atoms with Crippen LogP contribution in [0, 0.1) is 11.6 Å². The van der Waals surface area contributed by atoms with Crippen LogP contribution in [0.1, 0.15) is 51.3 Å².